The average molecular weight is 368 g/mol. The van der Waals surface area contributed by atoms with Crippen molar-refractivity contribution in [1.82, 2.24) is 4.98 Å². The maximum Gasteiger partial charge on any atom is 0.203 e. The van der Waals surface area contributed by atoms with E-state index >= 15 is 0 Å². The van der Waals surface area contributed by atoms with Crippen molar-refractivity contribution in [1.29, 1.82) is 0 Å². The van der Waals surface area contributed by atoms with Crippen LogP contribution in [0.4, 0.5) is 5.13 Å². The van der Waals surface area contributed by atoms with Gasteiger partial charge < -0.3 is 4.74 Å². The van der Waals surface area contributed by atoms with E-state index in [1.165, 1.54) is 0 Å². The van der Waals surface area contributed by atoms with E-state index in [1.807, 2.05) is 18.2 Å². The molecule has 0 radical (unpaired) electrons. The van der Waals surface area contributed by atoms with E-state index in [9.17, 15) is 0 Å². The zero-order valence-corrected chi connectivity index (χ0v) is 14.9. The van der Waals surface area contributed by atoms with Crippen molar-refractivity contribution >= 4 is 38.6 Å². The van der Waals surface area contributed by atoms with Gasteiger partial charge in [-0.25, -0.2) is 4.98 Å². The molecular formula is C15H18BrN3OS. The smallest absolute Gasteiger partial charge is 0.203 e. The molecule has 0 fully saturated rings. The first-order chi connectivity index (χ1) is 9.90. The van der Waals surface area contributed by atoms with Gasteiger partial charge in [-0.15, -0.1) is 11.3 Å². The molecule has 0 atom stereocenters. The molecule has 0 aliphatic heterocycles. The number of aromatic nitrogens is 1. The first kappa shape index (κ1) is 16.0. The predicted molar refractivity (Wildman–Crippen MR) is 92.7 cm³/mol. The molecule has 4 nitrogen and oxygen atoms in total. The van der Waals surface area contributed by atoms with E-state index in [4.69, 9.17) is 4.74 Å². The Kier molecular flexibility index (Phi) is 5.00. The summed E-state index contributed by atoms with van der Waals surface area (Å²) in [4.78, 5) is 4.53. The topological polar surface area (TPSA) is 46.5 Å². The Morgan fingerprint density at radius 2 is 2.14 bits per heavy atom. The van der Waals surface area contributed by atoms with Gasteiger partial charge in [0.1, 0.15) is 5.75 Å². The van der Waals surface area contributed by atoms with Crippen LogP contribution in [0.25, 0.3) is 0 Å². The van der Waals surface area contributed by atoms with E-state index in [1.54, 1.807) is 24.7 Å². The summed E-state index contributed by atoms with van der Waals surface area (Å²) in [6, 6.07) is 5.78. The van der Waals surface area contributed by atoms with Crippen LogP contribution in [0.2, 0.25) is 0 Å². The summed E-state index contributed by atoms with van der Waals surface area (Å²) in [5.74, 6) is 0.776. The Hall–Kier alpha value is -1.40. The molecule has 0 saturated heterocycles. The molecule has 0 saturated carbocycles. The van der Waals surface area contributed by atoms with Crippen molar-refractivity contribution in [2.24, 2.45) is 5.10 Å². The number of hydrogen-bond donors (Lipinski definition) is 1. The second kappa shape index (κ2) is 6.58. The number of nitrogens with one attached hydrogen (secondary N) is 1. The number of benzene rings is 1. The number of rotatable bonds is 4. The molecule has 112 valence electrons. The van der Waals surface area contributed by atoms with Gasteiger partial charge in [-0.1, -0.05) is 36.7 Å². The molecule has 0 bridgehead atoms. The summed E-state index contributed by atoms with van der Waals surface area (Å²) in [5.41, 5.74) is 4.97. The first-order valence-corrected chi connectivity index (χ1v) is 8.16. The van der Waals surface area contributed by atoms with Gasteiger partial charge in [0.15, 0.2) is 0 Å². The molecule has 2 aromatic rings. The standard InChI is InChI=1S/C15H18BrN3OS/c1-15(2,3)13-9-21-14(18-13)19-17-8-10-7-11(16)5-6-12(10)20-4/h5-9H,1-4H3,(H,18,19). The molecule has 1 aromatic carbocycles. The summed E-state index contributed by atoms with van der Waals surface area (Å²) in [6.07, 6.45) is 1.72. The van der Waals surface area contributed by atoms with Gasteiger partial charge in [-0.2, -0.15) is 5.10 Å². The zero-order valence-electron chi connectivity index (χ0n) is 12.5. The highest BCUT2D eigenvalue weighted by atomic mass is 79.9. The maximum atomic E-state index is 5.30. The lowest BCUT2D eigenvalue weighted by atomic mass is 9.93. The molecule has 21 heavy (non-hydrogen) atoms. The van der Waals surface area contributed by atoms with E-state index in [0.717, 1.165) is 26.6 Å². The Labute approximate surface area is 137 Å². The number of halogens is 1. The van der Waals surface area contributed by atoms with Crippen LogP contribution >= 0.6 is 27.3 Å². The average Bonchev–Trinajstić information content (AvgIpc) is 2.88. The number of hydrogen-bond acceptors (Lipinski definition) is 5. The van der Waals surface area contributed by atoms with E-state index in [-0.39, 0.29) is 5.41 Å². The van der Waals surface area contributed by atoms with Crippen LogP contribution in [-0.2, 0) is 5.41 Å². The van der Waals surface area contributed by atoms with Crippen LogP contribution in [0.3, 0.4) is 0 Å². The summed E-state index contributed by atoms with van der Waals surface area (Å²) in [7, 11) is 1.64. The molecule has 1 aromatic heterocycles. The number of anilines is 1. The summed E-state index contributed by atoms with van der Waals surface area (Å²) in [5, 5.41) is 7.06. The normalized spacial score (nSPS) is 11.9. The van der Waals surface area contributed by atoms with Gasteiger partial charge in [0.2, 0.25) is 5.13 Å². The van der Waals surface area contributed by atoms with Crippen molar-refractivity contribution in [2.75, 3.05) is 12.5 Å². The Morgan fingerprint density at radius 3 is 2.76 bits per heavy atom. The molecule has 0 spiro atoms. The fourth-order valence-corrected chi connectivity index (χ4v) is 2.90. The van der Waals surface area contributed by atoms with Crippen molar-refractivity contribution in [3.63, 3.8) is 0 Å². The van der Waals surface area contributed by atoms with Crippen LogP contribution < -0.4 is 10.2 Å². The van der Waals surface area contributed by atoms with Crippen molar-refractivity contribution in [2.45, 2.75) is 26.2 Å². The zero-order chi connectivity index (χ0) is 15.5. The highest BCUT2D eigenvalue weighted by Crippen LogP contribution is 2.26. The SMILES string of the molecule is COc1ccc(Br)cc1C=NNc1nc(C(C)(C)C)cs1. The first-order valence-electron chi connectivity index (χ1n) is 6.49. The van der Waals surface area contributed by atoms with E-state index < -0.39 is 0 Å². The van der Waals surface area contributed by atoms with Crippen LogP contribution in [0, 0.1) is 0 Å². The Bertz CT molecular complexity index is 647. The second-order valence-electron chi connectivity index (χ2n) is 5.54. The quantitative estimate of drug-likeness (QED) is 0.631. The van der Waals surface area contributed by atoms with Crippen molar-refractivity contribution in [3.8, 4) is 5.75 Å². The molecule has 2 rings (SSSR count). The van der Waals surface area contributed by atoms with Crippen LogP contribution in [-0.4, -0.2) is 18.3 Å². The minimum Gasteiger partial charge on any atom is -0.496 e. The Morgan fingerprint density at radius 1 is 1.38 bits per heavy atom. The molecular weight excluding hydrogens is 350 g/mol. The summed E-state index contributed by atoms with van der Waals surface area (Å²) >= 11 is 4.99. The third-order valence-corrected chi connectivity index (χ3v) is 4.07. The van der Waals surface area contributed by atoms with Crippen LogP contribution in [0.5, 0.6) is 5.75 Å². The summed E-state index contributed by atoms with van der Waals surface area (Å²) in [6.45, 7) is 6.42. The van der Waals surface area contributed by atoms with E-state index in [2.05, 4.69) is 57.6 Å². The van der Waals surface area contributed by atoms with Crippen molar-refractivity contribution in [3.05, 3.63) is 39.3 Å². The van der Waals surface area contributed by atoms with Gasteiger partial charge in [0.05, 0.1) is 19.0 Å². The minimum absolute atomic E-state index is 0.0493. The number of nitrogens with zero attached hydrogens (tertiary/aromatic N) is 2. The van der Waals surface area contributed by atoms with Crippen molar-refractivity contribution < 1.29 is 4.74 Å². The fraction of sp³-hybridized carbons (Fsp3) is 0.333. The molecule has 1 heterocycles. The molecule has 0 aliphatic rings. The van der Waals surface area contributed by atoms with Gasteiger partial charge in [-0.3, -0.25) is 5.43 Å². The third kappa shape index (κ3) is 4.28. The molecule has 0 aliphatic carbocycles. The number of hydrazone groups is 1. The van der Waals surface area contributed by atoms with Crippen LogP contribution in [0.15, 0.2) is 33.2 Å². The molecule has 1 N–H and O–H groups in total. The minimum atomic E-state index is 0.0493. The number of ether oxygens (including phenoxy) is 1. The lowest BCUT2D eigenvalue weighted by Crippen LogP contribution is -2.11. The van der Waals surface area contributed by atoms with Gasteiger partial charge in [0.25, 0.3) is 0 Å². The van der Waals surface area contributed by atoms with E-state index in [0.29, 0.717) is 0 Å². The molecule has 6 heteroatoms. The lowest BCUT2D eigenvalue weighted by Gasteiger charge is -2.13. The van der Waals surface area contributed by atoms with Gasteiger partial charge in [-0.05, 0) is 18.2 Å². The fourth-order valence-electron chi connectivity index (χ4n) is 1.63. The number of thiazole rings is 1. The van der Waals surface area contributed by atoms with Gasteiger partial charge in [0, 0.05) is 20.8 Å². The van der Waals surface area contributed by atoms with Crippen LogP contribution in [0.1, 0.15) is 32.0 Å². The monoisotopic (exact) mass is 367 g/mol. The third-order valence-electron chi connectivity index (χ3n) is 2.83. The second-order valence-corrected chi connectivity index (χ2v) is 7.32. The maximum absolute atomic E-state index is 5.30. The highest BCUT2D eigenvalue weighted by Gasteiger charge is 2.17. The molecule has 0 unspecified atom stereocenters. The number of methoxy groups -OCH3 is 1. The Balaban J connectivity index is 2.09. The lowest BCUT2D eigenvalue weighted by molar-refractivity contribution is 0.414. The molecule has 0 amide bonds. The highest BCUT2D eigenvalue weighted by molar-refractivity contribution is 9.10. The largest absolute Gasteiger partial charge is 0.496 e. The van der Waals surface area contributed by atoms with Gasteiger partial charge >= 0.3 is 0 Å². The predicted octanol–water partition coefficient (Wildman–Crippen LogP) is 4.66. The summed E-state index contributed by atoms with van der Waals surface area (Å²) < 4.78 is 6.28.